The maximum atomic E-state index is 11.6. The van der Waals surface area contributed by atoms with E-state index in [0.717, 1.165) is 11.1 Å². The molecule has 3 aromatic rings. The molecule has 0 atom stereocenters. The Morgan fingerprint density at radius 1 is 1.32 bits per heavy atom. The molecular weight excluding hydrogens is 332 g/mol. The van der Waals surface area contributed by atoms with Crippen LogP contribution in [0.2, 0.25) is 0 Å². The number of hydrogen-bond acceptors (Lipinski definition) is 5. The van der Waals surface area contributed by atoms with Crippen molar-refractivity contribution in [2.45, 2.75) is 24.6 Å². The van der Waals surface area contributed by atoms with Gasteiger partial charge in [-0.3, -0.25) is 4.79 Å². The summed E-state index contributed by atoms with van der Waals surface area (Å²) >= 11 is 1.39. The number of fused-ring (bicyclic) bond motifs is 1. The number of nitriles is 2. The quantitative estimate of drug-likeness (QED) is 0.529. The molecule has 0 aliphatic carbocycles. The monoisotopic (exact) mass is 346 g/mol. The molecule has 3 heterocycles. The van der Waals surface area contributed by atoms with Crippen LogP contribution >= 0.6 is 11.8 Å². The van der Waals surface area contributed by atoms with Gasteiger partial charge < -0.3 is 4.40 Å². The largest absolute Gasteiger partial charge is 0.322 e. The standard InChI is InChI=1S/C19H14N4OS/c1-12-16(13(2)24)7-14(8-20)19(22-12)25-11-15-10-23-6-4-3-5-18(23)17(15)9-21/h3-7,10H,11H2,1-2H3. The number of rotatable bonds is 4. The lowest BCUT2D eigenvalue weighted by Gasteiger charge is -2.07. The van der Waals surface area contributed by atoms with Gasteiger partial charge in [0.15, 0.2) is 5.78 Å². The van der Waals surface area contributed by atoms with Crippen molar-refractivity contribution in [3.05, 3.63) is 64.6 Å². The molecule has 0 N–H and O–H groups in total. The first-order valence-corrected chi connectivity index (χ1v) is 8.58. The lowest BCUT2D eigenvalue weighted by Crippen LogP contribution is -2.02. The summed E-state index contributed by atoms with van der Waals surface area (Å²) in [5.41, 5.74) is 3.83. The predicted octanol–water partition coefficient (Wildman–Crippen LogP) is 3.88. The van der Waals surface area contributed by atoms with Crippen LogP contribution in [0, 0.1) is 29.6 Å². The fourth-order valence-electron chi connectivity index (χ4n) is 2.69. The Bertz CT molecular complexity index is 1070. The van der Waals surface area contributed by atoms with Crippen molar-refractivity contribution in [1.82, 2.24) is 9.38 Å². The molecule has 0 aliphatic heterocycles. The first-order chi connectivity index (χ1) is 12.0. The van der Waals surface area contributed by atoms with Crippen LogP contribution in [0.1, 0.15) is 39.7 Å². The van der Waals surface area contributed by atoms with E-state index in [1.165, 1.54) is 18.7 Å². The summed E-state index contributed by atoms with van der Waals surface area (Å²) in [6, 6.07) is 11.7. The molecule has 122 valence electrons. The van der Waals surface area contributed by atoms with Crippen LogP contribution in [0.3, 0.4) is 0 Å². The summed E-state index contributed by atoms with van der Waals surface area (Å²) in [6.45, 7) is 3.22. The van der Waals surface area contributed by atoms with Crippen molar-refractivity contribution in [1.29, 1.82) is 10.5 Å². The fraction of sp³-hybridized carbons (Fsp3) is 0.158. The van der Waals surface area contributed by atoms with Gasteiger partial charge in [-0.05, 0) is 37.6 Å². The molecule has 3 rings (SSSR count). The molecule has 0 bridgehead atoms. The zero-order chi connectivity index (χ0) is 18.0. The van der Waals surface area contributed by atoms with Gasteiger partial charge in [-0.15, -0.1) is 11.8 Å². The number of aromatic nitrogens is 2. The smallest absolute Gasteiger partial charge is 0.161 e. The second-order valence-corrected chi connectivity index (χ2v) is 6.53. The van der Waals surface area contributed by atoms with Gasteiger partial charge >= 0.3 is 0 Å². The van der Waals surface area contributed by atoms with E-state index in [2.05, 4.69) is 17.1 Å². The zero-order valence-electron chi connectivity index (χ0n) is 13.8. The third-order valence-corrected chi connectivity index (χ3v) is 4.96. The van der Waals surface area contributed by atoms with Gasteiger partial charge in [0.05, 0.1) is 16.6 Å². The van der Waals surface area contributed by atoms with Crippen LogP contribution in [-0.4, -0.2) is 15.2 Å². The molecule has 0 aliphatic rings. The first-order valence-electron chi connectivity index (χ1n) is 7.59. The highest BCUT2D eigenvalue weighted by Gasteiger charge is 2.15. The first kappa shape index (κ1) is 16.8. The van der Waals surface area contributed by atoms with Crippen LogP contribution in [0.5, 0.6) is 0 Å². The van der Waals surface area contributed by atoms with Crippen LogP contribution in [0.4, 0.5) is 0 Å². The molecule has 3 aromatic heterocycles. The summed E-state index contributed by atoms with van der Waals surface area (Å²) in [7, 11) is 0. The second kappa shape index (κ2) is 6.80. The zero-order valence-corrected chi connectivity index (χ0v) is 14.6. The number of aryl methyl sites for hydroxylation is 1. The highest BCUT2D eigenvalue weighted by molar-refractivity contribution is 7.98. The molecule has 0 fully saturated rings. The number of carbonyl (C=O) groups excluding carboxylic acids is 1. The van der Waals surface area contributed by atoms with Gasteiger partial charge in [-0.1, -0.05) is 6.07 Å². The number of Topliss-reactive ketones (excluding diaryl/α,β-unsaturated/α-hetero) is 1. The SMILES string of the molecule is CC(=O)c1cc(C#N)c(SCc2cn3ccccc3c2C#N)nc1C. The van der Waals surface area contributed by atoms with Gasteiger partial charge in [0.25, 0.3) is 0 Å². The number of thioether (sulfide) groups is 1. The van der Waals surface area contributed by atoms with Crippen LogP contribution < -0.4 is 0 Å². The molecule has 0 radical (unpaired) electrons. The molecule has 0 spiro atoms. The molecule has 0 aromatic carbocycles. The minimum absolute atomic E-state index is 0.108. The Morgan fingerprint density at radius 3 is 2.80 bits per heavy atom. The van der Waals surface area contributed by atoms with Crippen molar-refractivity contribution >= 4 is 23.1 Å². The molecule has 0 saturated heterocycles. The third-order valence-electron chi connectivity index (χ3n) is 3.92. The van der Waals surface area contributed by atoms with Gasteiger partial charge in [-0.25, -0.2) is 4.98 Å². The number of nitrogens with zero attached hydrogens (tertiary/aromatic N) is 4. The van der Waals surface area contributed by atoms with Gasteiger partial charge in [0.1, 0.15) is 17.2 Å². The molecule has 0 amide bonds. The summed E-state index contributed by atoms with van der Waals surface area (Å²) in [5.74, 6) is 0.411. The van der Waals surface area contributed by atoms with Crippen LogP contribution in [0.25, 0.3) is 5.52 Å². The molecule has 5 nitrogen and oxygen atoms in total. The highest BCUT2D eigenvalue weighted by Crippen LogP contribution is 2.29. The minimum atomic E-state index is -0.108. The van der Waals surface area contributed by atoms with Crippen molar-refractivity contribution in [3.63, 3.8) is 0 Å². The van der Waals surface area contributed by atoms with Crippen molar-refractivity contribution in [3.8, 4) is 12.1 Å². The Morgan fingerprint density at radius 2 is 2.12 bits per heavy atom. The third kappa shape index (κ3) is 3.13. The summed E-state index contributed by atoms with van der Waals surface area (Å²) in [4.78, 5) is 16.0. The number of pyridine rings is 2. The molecule has 25 heavy (non-hydrogen) atoms. The van der Waals surface area contributed by atoms with E-state index in [-0.39, 0.29) is 5.78 Å². The number of carbonyl (C=O) groups is 1. The molecular formula is C19H14N4OS. The van der Waals surface area contributed by atoms with E-state index in [1.807, 2.05) is 35.0 Å². The number of hydrogen-bond donors (Lipinski definition) is 0. The lowest BCUT2D eigenvalue weighted by atomic mass is 10.1. The van der Waals surface area contributed by atoms with E-state index in [1.54, 1.807) is 13.0 Å². The summed E-state index contributed by atoms with van der Waals surface area (Å²) < 4.78 is 1.91. The Hall–Kier alpha value is -3.09. The Labute approximate surface area is 149 Å². The van der Waals surface area contributed by atoms with Gasteiger partial charge in [-0.2, -0.15) is 10.5 Å². The maximum absolute atomic E-state index is 11.6. The molecule has 0 unspecified atom stereocenters. The van der Waals surface area contributed by atoms with Crippen LogP contribution in [-0.2, 0) is 5.75 Å². The summed E-state index contributed by atoms with van der Waals surface area (Å²) in [6.07, 6.45) is 3.82. The van der Waals surface area contributed by atoms with E-state index >= 15 is 0 Å². The highest BCUT2D eigenvalue weighted by atomic mass is 32.2. The van der Waals surface area contributed by atoms with Gasteiger partial charge in [0, 0.05) is 29.4 Å². The Balaban J connectivity index is 1.95. The number of ketones is 1. The van der Waals surface area contributed by atoms with E-state index < -0.39 is 0 Å². The lowest BCUT2D eigenvalue weighted by molar-refractivity contribution is 0.101. The predicted molar refractivity (Wildman–Crippen MR) is 95.4 cm³/mol. The van der Waals surface area contributed by atoms with E-state index in [0.29, 0.717) is 33.2 Å². The van der Waals surface area contributed by atoms with Gasteiger partial charge in [0.2, 0.25) is 0 Å². The van der Waals surface area contributed by atoms with E-state index in [4.69, 9.17) is 0 Å². The second-order valence-electron chi connectivity index (χ2n) is 5.57. The minimum Gasteiger partial charge on any atom is -0.322 e. The fourth-order valence-corrected chi connectivity index (χ4v) is 3.66. The summed E-state index contributed by atoms with van der Waals surface area (Å²) in [5, 5.41) is 19.4. The maximum Gasteiger partial charge on any atom is 0.161 e. The van der Waals surface area contributed by atoms with Crippen molar-refractivity contribution < 1.29 is 4.79 Å². The van der Waals surface area contributed by atoms with Crippen LogP contribution in [0.15, 0.2) is 41.7 Å². The van der Waals surface area contributed by atoms with Crippen molar-refractivity contribution in [2.24, 2.45) is 0 Å². The Kier molecular flexibility index (Phi) is 4.56. The average Bonchev–Trinajstić information content (AvgIpc) is 2.97. The normalized spacial score (nSPS) is 10.4. The average molecular weight is 346 g/mol. The molecule has 0 saturated carbocycles. The topological polar surface area (TPSA) is 82.0 Å². The molecule has 6 heteroatoms. The van der Waals surface area contributed by atoms with Crippen molar-refractivity contribution in [2.75, 3.05) is 0 Å². The van der Waals surface area contributed by atoms with E-state index in [9.17, 15) is 15.3 Å².